The molecule has 0 aliphatic carbocycles. The molecule has 1 N–H and O–H groups in total. The average Bonchev–Trinajstić information content (AvgIpc) is 2.75. The minimum absolute atomic E-state index is 0.242. The number of amides is 1. The summed E-state index contributed by atoms with van der Waals surface area (Å²) in [5.41, 5.74) is 0.276. The van der Waals surface area contributed by atoms with Gasteiger partial charge >= 0.3 is 23.9 Å². The molecule has 1 aliphatic rings. The summed E-state index contributed by atoms with van der Waals surface area (Å²) in [6.45, 7) is 4.36. The number of carbonyl (C=O) groups excluding carboxylic acids is 5. The van der Waals surface area contributed by atoms with Gasteiger partial charge in [-0.2, -0.15) is 0 Å². The van der Waals surface area contributed by atoms with Gasteiger partial charge in [-0.1, -0.05) is 0 Å². The molecule has 1 fully saturated rings. The van der Waals surface area contributed by atoms with Crippen LogP contribution in [0.2, 0.25) is 0 Å². The molecule has 12 heteroatoms. The Morgan fingerprint density at radius 1 is 0.882 bits per heavy atom. The fourth-order valence-corrected chi connectivity index (χ4v) is 3.31. The highest BCUT2D eigenvalue weighted by molar-refractivity contribution is 5.89. The van der Waals surface area contributed by atoms with E-state index in [2.05, 4.69) is 10.1 Å². The molecule has 34 heavy (non-hydrogen) atoms. The molecule has 1 aromatic carbocycles. The van der Waals surface area contributed by atoms with Crippen molar-refractivity contribution in [2.75, 3.05) is 13.7 Å². The minimum atomic E-state index is -1.26. The topological polar surface area (TPSA) is 153 Å². The van der Waals surface area contributed by atoms with Gasteiger partial charge in [-0.3, -0.25) is 19.2 Å². The van der Waals surface area contributed by atoms with Gasteiger partial charge in [-0.15, -0.1) is 0 Å². The monoisotopic (exact) mass is 481 g/mol. The van der Waals surface area contributed by atoms with Crippen LogP contribution in [0.25, 0.3) is 0 Å². The lowest BCUT2D eigenvalue weighted by molar-refractivity contribution is -0.257. The van der Waals surface area contributed by atoms with Crippen LogP contribution in [0.3, 0.4) is 0 Å². The van der Waals surface area contributed by atoms with Gasteiger partial charge in [0.2, 0.25) is 12.2 Å². The molecule has 1 saturated heterocycles. The number of carbonyl (C=O) groups is 5. The minimum Gasteiger partial charge on any atom is -0.465 e. The van der Waals surface area contributed by atoms with E-state index >= 15 is 0 Å². The number of nitrogens with one attached hydrogen (secondary N) is 1. The fraction of sp³-hybridized carbons (Fsp3) is 0.500. The van der Waals surface area contributed by atoms with Crippen LogP contribution in [0.1, 0.15) is 38.1 Å². The van der Waals surface area contributed by atoms with Crippen LogP contribution >= 0.6 is 0 Å². The van der Waals surface area contributed by atoms with E-state index in [1.807, 2.05) is 0 Å². The zero-order valence-electron chi connectivity index (χ0n) is 19.4. The molecule has 0 unspecified atom stereocenters. The van der Waals surface area contributed by atoms with Gasteiger partial charge in [0.05, 0.1) is 12.7 Å². The first-order chi connectivity index (χ1) is 16.0. The largest absolute Gasteiger partial charge is 0.465 e. The van der Waals surface area contributed by atoms with Crippen LogP contribution in [0.4, 0.5) is 0 Å². The number of hydrogen-bond donors (Lipinski definition) is 1. The number of ether oxygens (including phenoxy) is 6. The van der Waals surface area contributed by atoms with Crippen molar-refractivity contribution in [1.82, 2.24) is 5.32 Å². The van der Waals surface area contributed by atoms with E-state index in [1.54, 1.807) is 0 Å². The first kappa shape index (κ1) is 26.6. The first-order valence-electron chi connectivity index (χ1n) is 10.3. The fourth-order valence-electron chi connectivity index (χ4n) is 3.31. The van der Waals surface area contributed by atoms with Crippen LogP contribution in [0, 0.1) is 0 Å². The van der Waals surface area contributed by atoms with Crippen molar-refractivity contribution in [2.24, 2.45) is 0 Å². The third-order valence-corrected chi connectivity index (χ3v) is 4.60. The molecule has 5 atom stereocenters. The van der Waals surface area contributed by atoms with Crippen LogP contribution in [0.15, 0.2) is 24.3 Å². The van der Waals surface area contributed by atoms with Gasteiger partial charge in [-0.05, 0) is 24.3 Å². The van der Waals surface area contributed by atoms with Crippen molar-refractivity contribution in [3.63, 3.8) is 0 Å². The molecule has 0 spiro atoms. The van der Waals surface area contributed by atoms with Crippen LogP contribution in [-0.2, 0) is 42.9 Å². The van der Waals surface area contributed by atoms with E-state index in [-0.39, 0.29) is 17.9 Å². The highest BCUT2D eigenvalue weighted by Crippen LogP contribution is 2.29. The SMILES string of the molecule is COC(=O)c1ccc(O[C@H]2O[C@@H](COC(C)=O)[C@@H](OC(C)=O)[C@H](OC(C)=O)[C@@H]2NC(C)=O)cc1. The lowest BCUT2D eigenvalue weighted by Gasteiger charge is -2.44. The van der Waals surface area contributed by atoms with Gasteiger partial charge in [-0.25, -0.2) is 4.79 Å². The van der Waals surface area contributed by atoms with Crippen molar-refractivity contribution in [1.29, 1.82) is 0 Å². The third kappa shape index (κ3) is 7.44. The predicted octanol–water partition coefficient (Wildman–Crippen LogP) is 0.508. The van der Waals surface area contributed by atoms with Crippen molar-refractivity contribution in [3.05, 3.63) is 29.8 Å². The van der Waals surface area contributed by atoms with E-state index < -0.39 is 60.4 Å². The molecular weight excluding hydrogens is 454 g/mol. The highest BCUT2D eigenvalue weighted by Gasteiger charge is 2.51. The molecule has 0 saturated carbocycles. The van der Waals surface area contributed by atoms with E-state index in [0.29, 0.717) is 0 Å². The molecule has 186 valence electrons. The Balaban J connectivity index is 2.42. The Hall–Kier alpha value is -3.67. The van der Waals surface area contributed by atoms with Crippen molar-refractivity contribution >= 4 is 29.8 Å². The van der Waals surface area contributed by atoms with Gasteiger partial charge in [0.25, 0.3) is 0 Å². The van der Waals surface area contributed by atoms with Crippen LogP contribution < -0.4 is 10.1 Å². The lowest BCUT2D eigenvalue weighted by atomic mass is 9.96. The summed E-state index contributed by atoms with van der Waals surface area (Å²) in [6.07, 6.45) is -4.82. The Kier molecular flexibility index (Phi) is 9.36. The zero-order valence-corrected chi connectivity index (χ0v) is 19.4. The van der Waals surface area contributed by atoms with Gasteiger partial charge < -0.3 is 33.7 Å². The smallest absolute Gasteiger partial charge is 0.337 e. The molecule has 2 rings (SSSR count). The van der Waals surface area contributed by atoms with E-state index in [4.69, 9.17) is 23.7 Å². The van der Waals surface area contributed by atoms with Gasteiger partial charge in [0.1, 0.15) is 24.5 Å². The Labute approximate surface area is 195 Å². The maximum atomic E-state index is 11.9. The second-order valence-corrected chi connectivity index (χ2v) is 7.35. The van der Waals surface area contributed by atoms with Crippen molar-refractivity contribution in [2.45, 2.75) is 58.3 Å². The number of rotatable bonds is 8. The second kappa shape index (κ2) is 12.0. The molecule has 1 aliphatic heterocycles. The second-order valence-electron chi connectivity index (χ2n) is 7.35. The van der Waals surface area contributed by atoms with E-state index in [0.717, 1.165) is 13.8 Å². The molecule has 1 aromatic rings. The quantitative estimate of drug-likeness (QED) is 0.408. The molecule has 0 bridgehead atoms. The number of hydrogen-bond acceptors (Lipinski definition) is 11. The van der Waals surface area contributed by atoms with Crippen LogP contribution in [-0.4, -0.2) is 74.1 Å². The summed E-state index contributed by atoms with van der Waals surface area (Å²) in [5.74, 6) is -2.84. The van der Waals surface area contributed by atoms with Crippen molar-refractivity contribution in [3.8, 4) is 5.75 Å². The molecule has 12 nitrogen and oxygen atoms in total. The summed E-state index contributed by atoms with van der Waals surface area (Å²) in [5, 5.41) is 2.60. The standard InChI is InChI=1S/C22H27NO11/c1-11(24)23-18-20(32-14(4)27)19(31-13(3)26)17(10-30-12(2)25)34-22(18)33-16-8-6-15(7-9-16)21(28)29-5/h6-9,17-20,22H,10H2,1-5H3,(H,23,24)/t17-,18-,19+,20+,22-/m0/s1. The Bertz CT molecular complexity index is 914. The average molecular weight is 481 g/mol. The summed E-state index contributed by atoms with van der Waals surface area (Å²) in [4.78, 5) is 58.6. The summed E-state index contributed by atoms with van der Waals surface area (Å²) < 4.78 is 32.2. The first-order valence-corrected chi connectivity index (χ1v) is 10.3. The van der Waals surface area contributed by atoms with E-state index in [1.165, 1.54) is 45.2 Å². The van der Waals surface area contributed by atoms with Gasteiger partial charge in [0, 0.05) is 27.7 Å². The maximum absolute atomic E-state index is 11.9. The van der Waals surface area contributed by atoms with Gasteiger partial charge in [0.15, 0.2) is 12.2 Å². The molecule has 0 aromatic heterocycles. The number of benzene rings is 1. The summed E-state index contributed by atoms with van der Waals surface area (Å²) in [7, 11) is 1.25. The normalized spacial score (nSPS) is 23.7. The predicted molar refractivity (Wildman–Crippen MR) is 112 cm³/mol. The highest BCUT2D eigenvalue weighted by atomic mass is 16.7. The number of esters is 4. The number of methoxy groups -OCH3 is 1. The summed E-state index contributed by atoms with van der Waals surface area (Å²) in [6, 6.07) is 4.75. The zero-order chi connectivity index (χ0) is 25.4. The third-order valence-electron chi connectivity index (χ3n) is 4.60. The lowest BCUT2D eigenvalue weighted by Crippen LogP contribution is -2.67. The molecular formula is C22H27NO11. The summed E-state index contributed by atoms with van der Waals surface area (Å²) >= 11 is 0. The van der Waals surface area contributed by atoms with Crippen LogP contribution in [0.5, 0.6) is 5.75 Å². The van der Waals surface area contributed by atoms with Crippen molar-refractivity contribution < 1.29 is 52.4 Å². The molecule has 1 amide bonds. The maximum Gasteiger partial charge on any atom is 0.337 e. The van der Waals surface area contributed by atoms with E-state index in [9.17, 15) is 24.0 Å². The molecule has 0 radical (unpaired) electrons. The Morgan fingerprint density at radius 3 is 1.97 bits per heavy atom. The Morgan fingerprint density at radius 2 is 1.47 bits per heavy atom. The molecule has 1 heterocycles.